The van der Waals surface area contributed by atoms with Gasteiger partial charge in [0, 0.05) is 49.7 Å². The summed E-state index contributed by atoms with van der Waals surface area (Å²) in [5, 5.41) is 12.4. The van der Waals surface area contributed by atoms with Gasteiger partial charge in [0.15, 0.2) is 0 Å². The number of aromatic nitrogens is 2. The molecule has 0 radical (unpaired) electrons. The van der Waals surface area contributed by atoms with E-state index in [2.05, 4.69) is 226 Å². The molecular weight excluding hydrogens is 691 g/mol. The summed E-state index contributed by atoms with van der Waals surface area (Å²) in [6, 6.07) is 77.6. The number of nitrogens with zero attached hydrogens (tertiary/aromatic N) is 3. The standard InChI is InChI=1S/C54H35N3/c1-3-16-38(17-4-1)56-49-25-13-11-22-44(49)47-34-40(29-31-51(47)56)55(53-33-37-28-27-36-15-7-8-20-42(36)54(37)46-24-10-9-21-43(46)53)41-30-32-52-48(35-41)45-23-12-14-26-50(45)57(52)39-18-5-2-6-19-39/h1-35H. The quantitative estimate of drug-likeness (QED) is 0.161. The number of anilines is 3. The number of hydrogen-bond acceptors (Lipinski definition) is 1. The fourth-order valence-electron chi connectivity index (χ4n) is 9.38. The van der Waals surface area contributed by atoms with Crippen LogP contribution in [0.2, 0.25) is 0 Å². The molecule has 12 rings (SSSR count). The van der Waals surface area contributed by atoms with Crippen LogP contribution in [0.15, 0.2) is 212 Å². The van der Waals surface area contributed by atoms with Gasteiger partial charge >= 0.3 is 0 Å². The molecule has 0 aliphatic heterocycles. The van der Waals surface area contributed by atoms with Crippen molar-refractivity contribution in [1.82, 2.24) is 9.13 Å². The molecule has 0 saturated carbocycles. The molecule has 2 aromatic heterocycles. The van der Waals surface area contributed by atoms with Crippen LogP contribution in [0.3, 0.4) is 0 Å². The summed E-state index contributed by atoms with van der Waals surface area (Å²) >= 11 is 0. The first-order chi connectivity index (χ1) is 28.3. The Morgan fingerprint density at radius 3 is 1.30 bits per heavy atom. The molecule has 0 spiro atoms. The van der Waals surface area contributed by atoms with Crippen LogP contribution in [0.1, 0.15) is 0 Å². The zero-order chi connectivity index (χ0) is 37.5. The Balaban J connectivity index is 1.18. The summed E-state index contributed by atoms with van der Waals surface area (Å²) in [7, 11) is 0. The van der Waals surface area contributed by atoms with Crippen molar-refractivity contribution in [2.75, 3.05) is 4.90 Å². The molecule has 0 atom stereocenters. The molecule has 0 bridgehead atoms. The van der Waals surface area contributed by atoms with Crippen LogP contribution >= 0.6 is 0 Å². The maximum Gasteiger partial charge on any atom is 0.0546 e. The summed E-state index contributed by atoms with van der Waals surface area (Å²) in [5.74, 6) is 0. The van der Waals surface area contributed by atoms with Crippen molar-refractivity contribution in [3.8, 4) is 11.4 Å². The van der Waals surface area contributed by atoms with Crippen molar-refractivity contribution in [3.05, 3.63) is 212 Å². The van der Waals surface area contributed by atoms with E-state index >= 15 is 0 Å². The van der Waals surface area contributed by atoms with Gasteiger partial charge in [-0.25, -0.2) is 0 Å². The Hall–Kier alpha value is -7.62. The zero-order valence-electron chi connectivity index (χ0n) is 31.0. The first kappa shape index (κ1) is 31.7. The van der Waals surface area contributed by atoms with Gasteiger partial charge in [0.1, 0.15) is 0 Å². The third-order valence-corrected chi connectivity index (χ3v) is 11.8. The van der Waals surface area contributed by atoms with Gasteiger partial charge in [-0.1, -0.05) is 133 Å². The second-order valence-corrected chi connectivity index (χ2v) is 14.9. The van der Waals surface area contributed by atoms with Crippen molar-refractivity contribution in [1.29, 1.82) is 0 Å². The highest BCUT2D eigenvalue weighted by Crippen LogP contribution is 2.46. The van der Waals surface area contributed by atoms with E-state index in [4.69, 9.17) is 0 Å². The minimum absolute atomic E-state index is 1.11. The molecule has 266 valence electrons. The Morgan fingerprint density at radius 1 is 0.281 bits per heavy atom. The summed E-state index contributed by atoms with van der Waals surface area (Å²) in [4.78, 5) is 2.49. The van der Waals surface area contributed by atoms with Crippen molar-refractivity contribution in [2.24, 2.45) is 0 Å². The van der Waals surface area contributed by atoms with E-state index in [9.17, 15) is 0 Å². The maximum atomic E-state index is 2.49. The molecule has 12 aromatic rings. The molecule has 0 aliphatic rings. The summed E-state index contributed by atoms with van der Waals surface area (Å²) in [6.45, 7) is 0. The van der Waals surface area contributed by atoms with E-state index in [1.807, 2.05) is 0 Å². The van der Waals surface area contributed by atoms with Crippen LogP contribution in [0.25, 0.3) is 87.3 Å². The number of hydrogen-bond donors (Lipinski definition) is 0. The highest BCUT2D eigenvalue weighted by Gasteiger charge is 2.22. The monoisotopic (exact) mass is 725 g/mol. The lowest BCUT2D eigenvalue weighted by molar-refractivity contribution is 1.18. The van der Waals surface area contributed by atoms with Crippen LogP contribution in [-0.4, -0.2) is 9.13 Å². The topological polar surface area (TPSA) is 13.1 Å². The second-order valence-electron chi connectivity index (χ2n) is 14.9. The Bertz CT molecular complexity index is 3360. The maximum absolute atomic E-state index is 2.49. The first-order valence-electron chi connectivity index (χ1n) is 19.6. The average molecular weight is 726 g/mol. The van der Waals surface area contributed by atoms with Gasteiger partial charge < -0.3 is 14.0 Å². The minimum Gasteiger partial charge on any atom is -0.310 e. The van der Waals surface area contributed by atoms with Crippen molar-refractivity contribution >= 4 is 93.0 Å². The predicted molar refractivity (Wildman–Crippen MR) is 242 cm³/mol. The molecule has 0 saturated heterocycles. The van der Waals surface area contributed by atoms with E-state index < -0.39 is 0 Å². The molecular formula is C54H35N3. The molecule has 0 fully saturated rings. The molecule has 0 aliphatic carbocycles. The number of rotatable bonds is 5. The molecule has 0 unspecified atom stereocenters. The Labute approximate surface area is 329 Å². The van der Waals surface area contributed by atoms with Crippen LogP contribution in [0.4, 0.5) is 17.1 Å². The third-order valence-electron chi connectivity index (χ3n) is 11.8. The lowest BCUT2D eigenvalue weighted by Gasteiger charge is -2.28. The van der Waals surface area contributed by atoms with Gasteiger partial charge in [-0.05, 0) is 106 Å². The number of fused-ring (bicyclic) bond motifs is 11. The number of para-hydroxylation sites is 4. The van der Waals surface area contributed by atoms with Crippen molar-refractivity contribution in [2.45, 2.75) is 0 Å². The normalized spacial score (nSPS) is 11.9. The van der Waals surface area contributed by atoms with E-state index in [0.717, 1.165) is 28.4 Å². The predicted octanol–water partition coefficient (Wildman–Crippen LogP) is 14.8. The molecule has 3 heteroatoms. The fourth-order valence-corrected chi connectivity index (χ4v) is 9.38. The number of benzene rings is 10. The molecule has 57 heavy (non-hydrogen) atoms. The van der Waals surface area contributed by atoms with Crippen LogP contribution in [-0.2, 0) is 0 Å². The summed E-state index contributed by atoms with van der Waals surface area (Å²) in [5.41, 5.74) is 10.4. The van der Waals surface area contributed by atoms with Gasteiger partial charge in [0.25, 0.3) is 0 Å². The van der Waals surface area contributed by atoms with Gasteiger partial charge in [-0.15, -0.1) is 0 Å². The lowest BCUT2D eigenvalue weighted by Crippen LogP contribution is -2.11. The summed E-state index contributed by atoms with van der Waals surface area (Å²) in [6.07, 6.45) is 0. The largest absolute Gasteiger partial charge is 0.310 e. The van der Waals surface area contributed by atoms with Crippen LogP contribution < -0.4 is 4.90 Å². The van der Waals surface area contributed by atoms with Gasteiger partial charge in [0.05, 0.1) is 27.8 Å². The second kappa shape index (κ2) is 12.5. The Kier molecular flexibility index (Phi) is 6.93. The van der Waals surface area contributed by atoms with E-state index in [1.165, 1.54) is 75.9 Å². The van der Waals surface area contributed by atoms with Gasteiger partial charge in [0.2, 0.25) is 0 Å². The van der Waals surface area contributed by atoms with E-state index in [-0.39, 0.29) is 0 Å². The molecule has 3 nitrogen and oxygen atoms in total. The van der Waals surface area contributed by atoms with Crippen molar-refractivity contribution in [3.63, 3.8) is 0 Å². The van der Waals surface area contributed by atoms with Gasteiger partial charge in [-0.3, -0.25) is 0 Å². The molecule has 10 aromatic carbocycles. The van der Waals surface area contributed by atoms with Crippen molar-refractivity contribution < 1.29 is 0 Å². The fraction of sp³-hybridized carbons (Fsp3) is 0. The Morgan fingerprint density at radius 2 is 0.719 bits per heavy atom. The van der Waals surface area contributed by atoms with Gasteiger partial charge in [-0.2, -0.15) is 0 Å². The lowest BCUT2D eigenvalue weighted by atomic mass is 9.94. The third kappa shape index (κ3) is 4.79. The molecule has 0 amide bonds. The molecule has 0 N–H and O–H groups in total. The van der Waals surface area contributed by atoms with E-state index in [1.54, 1.807) is 0 Å². The van der Waals surface area contributed by atoms with Crippen LogP contribution in [0.5, 0.6) is 0 Å². The molecule has 2 heterocycles. The smallest absolute Gasteiger partial charge is 0.0546 e. The summed E-state index contributed by atoms with van der Waals surface area (Å²) < 4.78 is 4.78. The minimum atomic E-state index is 1.11. The van der Waals surface area contributed by atoms with E-state index in [0.29, 0.717) is 0 Å². The highest BCUT2D eigenvalue weighted by atomic mass is 15.1. The highest BCUT2D eigenvalue weighted by molar-refractivity contribution is 6.24. The average Bonchev–Trinajstić information content (AvgIpc) is 3.79. The SMILES string of the molecule is c1ccc(-n2c3ccccc3c3cc(N(c4ccc5c(c4)c4ccccc4n5-c4ccccc4)c4cc5ccc6ccccc6c5c5ccccc45)ccc32)cc1. The first-order valence-corrected chi connectivity index (χ1v) is 19.6. The zero-order valence-corrected chi connectivity index (χ0v) is 31.0. The van der Waals surface area contributed by atoms with Crippen LogP contribution in [0, 0.1) is 0 Å².